The zero-order valence-electron chi connectivity index (χ0n) is 16.5. The second-order valence-corrected chi connectivity index (χ2v) is 7.41. The van der Waals surface area contributed by atoms with Crippen LogP contribution >= 0.6 is 0 Å². The van der Waals surface area contributed by atoms with Crippen LogP contribution in [-0.2, 0) is 10.1 Å². The summed E-state index contributed by atoms with van der Waals surface area (Å²) in [5.41, 5.74) is 2.70. The third-order valence-corrected chi connectivity index (χ3v) is 4.53. The SMILES string of the molecule is CC=CNc1nc2ccccc2nc1NC=CC.Cc1ccc(S(=O)(=O)O)cc1. The maximum Gasteiger partial charge on any atom is 0.294 e. The summed E-state index contributed by atoms with van der Waals surface area (Å²) in [4.78, 5) is 9.02. The molecule has 0 bridgehead atoms. The second-order valence-electron chi connectivity index (χ2n) is 5.99. The smallest absolute Gasteiger partial charge is 0.294 e. The second kappa shape index (κ2) is 10.4. The number of aromatic nitrogens is 2. The minimum absolute atomic E-state index is 0.0666. The molecule has 0 spiro atoms. The molecule has 7 nitrogen and oxygen atoms in total. The van der Waals surface area contributed by atoms with Gasteiger partial charge in [0, 0.05) is 0 Å². The highest BCUT2D eigenvalue weighted by atomic mass is 32.2. The summed E-state index contributed by atoms with van der Waals surface area (Å²) in [7, 11) is -4.02. The average molecular weight is 413 g/mol. The maximum atomic E-state index is 10.5. The van der Waals surface area contributed by atoms with Crippen molar-refractivity contribution in [2.75, 3.05) is 10.6 Å². The molecule has 8 heteroatoms. The Morgan fingerprint density at radius 1 is 0.828 bits per heavy atom. The molecule has 2 aromatic carbocycles. The molecule has 1 aromatic heterocycles. The van der Waals surface area contributed by atoms with E-state index in [0.717, 1.165) is 16.6 Å². The summed E-state index contributed by atoms with van der Waals surface area (Å²) < 4.78 is 29.6. The van der Waals surface area contributed by atoms with Crippen LogP contribution in [0.15, 0.2) is 78.0 Å². The van der Waals surface area contributed by atoms with Gasteiger partial charge in [-0.3, -0.25) is 4.55 Å². The van der Waals surface area contributed by atoms with Gasteiger partial charge in [-0.05, 0) is 57.4 Å². The van der Waals surface area contributed by atoms with Crippen LogP contribution in [0.3, 0.4) is 0 Å². The quantitative estimate of drug-likeness (QED) is 0.519. The molecule has 29 heavy (non-hydrogen) atoms. The van der Waals surface area contributed by atoms with Gasteiger partial charge in [0.25, 0.3) is 10.1 Å². The number of nitrogens with zero attached hydrogens (tertiary/aromatic N) is 2. The van der Waals surface area contributed by atoms with Crippen molar-refractivity contribution in [2.45, 2.75) is 25.7 Å². The standard InChI is InChI=1S/C14H16N4.C7H8O3S/c1-3-9-15-13-14(16-10-4-2)18-12-8-6-5-7-11(12)17-13;1-6-2-4-7(5-3-6)11(8,9)10/h3-10H,1-2H3,(H,15,17)(H,16,18);2-5H,1H3,(H,8,9,10). The maximum absolute atomic E-state index is 10.5. The number of aryl methyl sites for hydroxylation is 1. The van der Waals surface area contributed by atoms with E-state index in [1.807, 2.05) is 69.6 Å². The highest BCUT2D eigenvalue weighted by molar-refractivity contribution is 7.85. The lowest BCUT2D eigenvalue weighted by molar-refractivity contribution is 0.483. The van der Waals surface area contributed by atoms with Crippen LogP contribution in [-0.4, -0.2) is 22.9 Å². The Kier molecular flexibility index (Phi) is 7.88. The molecule has 0 saturated carbocycles. The molecule has 0 saturated heterocycles. The molecule has 3 aromatic rings. The van der Waals surface area contributed by atoms with Crippen molar-refractivity contribution in [1.29, 1.82) is 0 Å². The summed E-state index contributed by atoms with van der Waals surface area (Å²) in [6.45, 7) is 5.73. The highest BCUT2D eigenvalue weighted by Gasteiger charge is 2.07. The number of hydrogen-bond acceptors (Lipinski definition) is 6. The van der Waals surface area contributed by atoms with Crippen molar-refractivity contribution >= 4 is 32.8 Å². The lowest BCUT2D eigenvalue weighted by atomic mass is 10.2. The normalized spacial score (nSPS) is 11.4. The fraction of sp³-hybridized carbons (Fsp3) is 0.143. The van der Waals surface area contributed by atoms with Crippen molar-refractivity contribution in [1.82, 2.24) is 9.97 Å². The largest absolute Gasteiger partial charge is 0.344 e. The Bertz CT molecular complexity index is 1060. The van der Waals surface area contributed by atoms with Gasteiger partial charge in [0.2, 0.25) is 0 Å². The first-order valence-corrected chi connectivity index (χ1v) is 10.4. The molecule has 0 aliphatic carbocycles. The van der Waals surface area contributed by atoms with Crippen molar-refractivity contribution in [3.8, 4) is 0 Å². The van der Waals surface area contributed by atoms with Crippen LogP contribution in [0.25, 0.3) is 11.0 Å². The Balaban J connectivity index is 0.000000234. The monoisotopic (exact) mass is 412 g/mol. The molecule has 0 radical (unpaired) electrons. The fourth-order valence-corrected chi connectivity index (χ4v) is 2.72. The van der Waals surface area contributed by atoms with Gasteiger partial charge in [0.1, 0.15) is 0 Å². The van der Waals surface area contributed by atoms with E-state index in [1.54, 1.807) is 12.1 Å². The van der Waals surface area contributed by atoms with Crippen LogP contribution in [0.1, 0.15) is 19.4 Å². The number of fused-ring (bicyclic) bond motifs is 1. The summed E-state index contributed by atoms with van der Waals surface area (Å²) in [6, 6.07) is 13.8. The van der Waals surface area contributed by atoms with Gasteiger partial charge in [0.15, 0.2) is 11.6 Å². The summed E-state index contributed by atoms with van der Waals surface area (Å²) in [5.74, 6) is 1.43. The molecule has 3 N–H and O–H groups in total. The van der Waals surface area contributed by atoms with Gasteiger partial charge >= 0.3 is 0 Å². The molecule has 0 aliphatic rings. The zero-order chi connectivity index (χ0) is 21.3. The minimum Gasteiger partial charge on any atom is -0.344 e. The molecule has 3 rings (SSSR count). The molecular weight excluding hydrogens is 388 g/mol. The van der Waals surface area contributed by atoms with Crippen molar-refractivity contribution in [2.24, 2.45) is 0 Å². The first-order chi connectivity index (χ1) is 13.8. The Morgan fingerprint density at radius 3 is 1.66 bits per heavy atom. The third-order valence-electron chi connectivity index (χ3n) is 3.66. The lowest BCUT2D eigenvalue weighted by Gasteiger charge is -2.08. The molecule has 0 amide bonds. The number of benzene rings is 2. The van der Waals surface area contributed by atoms with Crippen LogP contribution in [0.4, 0.5) is 11.6 Å². The first kappa shape index (κ1) is 22.1. The predicted molar refractivity (Wildman–Crippen MR) is 117 cm³/mol. The average Bonchev–Trinajstić information content (AvgIpc) is 2.70. The summed E-state index contributed by atoms with van der Waals surface area (Å²) in [6.07, 6.45) is 7.49. The van der Waals surface area contributed by atoms with Crippen molar-refractivity contribution in [3.63, 3.8) is 0 Å². The molecule has 0 fully saturated rings. The molecule has 152 valence electrons. The molecular formula is C21H24N4O3S. The van der Waals surface area contributed by atoms with Crippen LogP contribution in [0.2, 0.25) is 0 Å². The van der Waals surface area contributed by atoms with Gasteiger partial charge in [-0.15, -0.1) is 0 Å². The van der Waals surface area contributed by atoms with Gasteiger partial charge < -0.3 is 10.6 Å². The number of hydrogen-bond donors (Lipinski definition) is 3. The number of nitrogens with one attached hydrogen (secondary N) is 2. The van der Waals surface area contributed by atoms with E-state index in [-0.39, 0.29) is 4.90 Å². The van der Waals surface area contributed by atoms with Crippen molar-refractivity contribution in [3.05, 3.63) is 78.6 Å². The van der Waals surface area contributed by atoms with Crippen molar-refractivity contribution < 1.29 is 13.0 Å². The third kappa shape index (κ3) is 6.70. The van der Waals surface area contributed by atoms with Gasteiger partial charge in [0.05, 0.1) is 15.9 Å². The Hall–Kier alpha value is -3.23. The zero-order valence-corrected chi connectivity index (χ0v) is 17.3. The van der Waals surface area contributed by atoms with Gasteiger partial charge in [-0.1, -0.05) is 42.0 Å². The number of anilines is 2. The molecule has 0 atom stereocenters. The first-order valence-electron chi connectivity index (χ1n) is 8.91. The van der Waals surface area contributed by atoms with Crippen LogP contribution in [0.5, 0.6) is 0 Å². The van der Waals surface area contributed by atoms with E-state index in [9.17, 15) is 8.42 Å². The number of rotatable bonds is 5. The Labute approximate surface area is 171 Å². The topological polar surface area (TPSA) is 104 Å². The lowest BCUT2D eigenvalue weighted by Crippen LogP contribution is -2.01. The number of para-hydroxylation sites is 2. The molecule has 0 aliphatic heterocycles. The fourth-order valence-electron chi connectivity index (χ4n) is 2.24. The van der Waals surface area contributed by atoms with E-state index < -0.39 is 10.1 Å². The predicted octanol–water partition coefficient (Wildman–Crippen LogP) is 4.76. The van der Waals surface area contributed by atoms with E-state index in [2.05, 4.69) is 20.6 Å². The molecule has 0 unspecified atom stereocenters. The number of allylic oxidation sites excluding steroid dienone is 2. The van der Waals surface area contributed by atoms with E-state index >= 15 is 0 Å². The van der Waals surface area contributed by atoms with E-state index in [0.29, 0.717) is 11.6 Å². The van der Waals surface area contributed by atoms with Crippen LogP contribution in [0, 0.1) is 6.92 Å². The minimum atomic E-state index is -4.02. The van der Waals surface area contributed by atoms with E-state index in [1.165, 1.54) is 12.1 Å². The van der Waals surface area contributed by atoms with E-state index in [4.69, 9.17) is 4.55 Å². The van der Waals surface area contributed by atoms with Gasteiger partial charge in [-0.25, -0.2) is 9.97 Å². The van der Waals surface area contributed by atoms with Crippen LogP contribution < -0.4 is 10.6 Å². The molecule has 1 heterocycles. The highest BCUT2D eigenvalue weighted by Crippen LogP contribution is 2.21. The summed E-state index contributed by atoms with van der Waals surface area (Å²) in [5, 5.41) is 6.23. The van der Waals surface area contributed by atoms with Gasteiger partial charge in [-0.2, -0.15) is 8.42 Å². The Morgan fingerprint density at radius 2 is 1.28 bits per heavy atom. The summed E-state index contributed by atoms with van der Waals surface area (Å²) >= 11 is 0.